The van der Waals surface area contributed by atoms with Gasteiger partial charge in [-0.2, -0.15) is 0 Å². The summed E-state index contributed by atoms with van der Waals surface area (Å²) >= 11 is 0. The molecular weight excluding hydrogens is 240 g/mol. The molecule has 3 N–H and O–H groups in total. The van der Waals surface area contributed by atoms with Crippen LogP contribution in [0, 0.1) is 6.92 Å². The summed E-state index contributed by atoms with van der Waals surface area (Å²) in [5, 5.41) is 16.1. The summed E-state index contributed by atoms with van der Waals surface area (Å²) in [4.78, 5) is 8.73. The van der Waals surface area contributed by atoms with Crippen molar-refractivity contribution >= 4 is 11.6 Å². The third kappa shape index (κ3) is 4.21. The summed E-state index contributed by atoms with van der Waals surface area (Å²) < 4.78 is 0. The van der Waals surface area contributed by atoms with Crippen LogP contribution < -0.4 is 10.6 Å². The van der Waals surface area contributed by atoms with E-state index in [2.05, 4.69) is 27.2 Å². The number of hydrogen-bond donors (Lipinski definition) is 3. The van der Waals surface area contributed by atoms with Crippen molar-refractivity contribution in [3.05, 3.63) is 24.5 Å². The first kappa shape index (κ1) is 13.8. The molecule has 19 heavy (non-hydrogen) atoms. The Morgan fingerprint density at radius 1 is 1.32 bits per heavy atom. The first-order valence-electron chi connectivity index (χ1n) is 6.82. The van der Waals surface area contributed by atoms with Crippen LogP contribution >= 0.6 is 0 Å². The highest BCUT2D eigenvalue weighted by Crippen LogP contribution is 2.22. The van der Waals surface area contributed by atoms with Crippen LogP contribution in [0.5, 0.6) is 0 Å². The number of aromatic nitrogens is 2. The number of nitrogens with one attached hydrogen (secondary N) is 2. The number of rotatable bonds is 5. The van der Waals surface area contributed by atoms with Gasteiger partial charge in [0.15, 0.2) is 0 Å². The number of anilines is 2. The molecule has 0 radical (unpaired) electrons. The van der Waals surface area contributed by atoms with Gasteiger partial charge in [0, 0.05) is 18.7 Å². The van der Waals surface area contributed by atoms with E-state index in [1.54, 1.807) is 6.08 Å². The number of aliphatic hydroxyl groups excluding tert-OH is 1. The largest absolute Gasteiger partial charge is 0.393 e. The molecule has 0 aromatic carbocycles. The third-order valence-electron chi connectivity index (χ3n) is 3.31. The highest BCUT2D eigenvalue weighted by Gasteiger charge is 2.19. The maximum Gasteiger partial charge on any atom is 0.132 e. The second kappa shape index (κ2) is 6.52. The lowest BCUT2D eigenvalue weighted by Gasteiger charge is -2.26. The Kier molecular flexibility index (Phi) is 4.74. The molecule has 1 aliphatic carbocycles. The summed E-state index contributed by atoms with van der Waals surface area (Å²) in [6.07, 6.45) is 5.37. The molecule has 1 aromatic rings. The lowest BCUT2D eigenvalue weighted by Crippen LogP contribution is -2.28. The van der Waals surface area contributed by atoms with Gasteiger partial charge in [-0.25, -0.2) is 9.97 Å². The molecular formula is C14H22N4O. The van der Waals surface area contributed by atoms with Gasteiger partial charge < -0.3 is 15.7 Å². The SMILES string of the molecule is C=CCNc1cc(NC2CCC(O)CC2)nc(C)n1. The fraction of sp³-hybridized carbons (Fsp3) is 0.571. The number of nitrogens with zero attached hydrogens (tertiary/aromatic N) is 2. The van der Waals surface area contributed by atoms with Gasteiger partial charge in [-0.15, -0.1) is 6.58 Å². The molecule has 1 heterocycles. The molecule has 5 nitrogen and oxygen atoms in total. The van der Waals surface area contributed by atoms with Crippen LogP contribution in [0.25, 0.3) is 0 Å². The van der Waals surface area contributed by atoms with Crippen molar-refractivity contribution in [2.45, 2.75) is 44.8 Å². The molecule has 1 fully saturated rings. The van der Waals surface area contributed by atoms with Gasteiger partial charge >= 0.3 is 0 Å². The van der Waals surface area contributed by atoms with E-state index in [1.807, 2.05) is 13.0 Å². The van der Waals surface area contributed by atoms with Crippen LogP contribution in [-0.4, -0.2) is 33.8 Å². The Labute approximate surface area is 114 Å². The van der Waals surface area contributed by atoms with Crippen LogP contribution in [0.3, 0.4) is 0 Å². The van der Waals surface area contributed by atoms with Crippen LogP contribution in [-0.2, 0) is 0 Å². The lowest BCUT2D eigenvalue weighted by atomic mass is 9.93. The molecule has 0 saturated heterocycles. The smallest absolute Gasteiger partial charge is 0.132 e. The molecule has 0 spiro atoms. The molecule has 5 heteroatoms. The van der Waals surface area contributed by atoms with E-state index >= 15 is 0 Å². The Hall–Kier alpha value is -1.62. The summed E-state index contributed by atoms with van der Waals surface area (Å²) in [6.45, 7) is 6.25. The topological polar surface area (TPSA) is 70.1 Å². The summed E-state index contributed by atoms with van der Waals surface area (Å²) in [5.74, 6) is 2.40. The zero-order valence-corrected chi connectivity index (χ0v) is 11.4. The second-order valence-electron chi connectivity index (χ2n) is 5.00. The molecule has 0 bridgehead atoms. The highest BCUT2D eigenvalue weighted by molar-refractivity contribution is 5.48. The van der Waals surface area contributed by atoms with Crippen molar-refractivity contribution in [3.63, 3.8) is 0 Å². The molecule has 1 aromatic heterocycles. The average Bonchev–Trinajstić information content (AvgIpc) is 2.38. The summed E-state index contributed by atoms with van der Waals surface area (Å²) in [6, 6.07) is 2.31. The van der Waals surface area contributed by atoms with E-state index in [1.165, 1.54) is 0 Å². The predicted molar refractivity (Wildman–Crippen MR) is 77.3 cm³/mol. The molecule has 2 rings (SSSR count). The highest BCUT2D eigenvalue weighted by atomic mass is 16.3. The van der Waals surface area contributed by atoms with Crippen molar-refractivity contribution in [3.8, 4) is 0 Å². The minimum atomic E-state index is -0.130. The molecule has 0 unspecified atom stereocenters. The fourth-order valence-electron chi connectivity index (χ4n) is 2.34. The first-order chi connectivity index (χ1) is 9.17. The summed E-state index contributed by atoms with van der Waals surface area (Å²) in [7, 11) is 0. The van der Waals surface area contributed by atoms with E-state index in [0.717, 1.165) is 43.1 Å². The normalized spacial score (nSPS) is 22.8. The van der Waals surface area contributed by atoms with E-state index in [9.17, 15) is 5.11 Å². The molecule has 0 atom stereocenters. The maximum absolute atomic E-state index is 9.51. The van der Waals surface area contributed by atoms with Crippen molar-refractivity contribution in [1.29, 1.82) is 0 Å². The first-order valence-corrected chi connectivity index (χ1v) is 6.82. The number of aryl methyl sites for hydroxylation is 1. The van der Waals surface area contributed by atoms with Gasteiger partial charge in [-0.1, -0.05) is 6.08 Å². The standard InChI is InChI=1S/C14H22N4O/c1-3-8-15-13-9-14(17-10(2)16-13)18-11-4-6-12(19)7-5-11/h3,9,11-12,19H,1,4-8H2,2H3,(H2,15,16,17,18). The Balaban J connectivity index is 1.99. The third-order valence-corrected chi connectivity index (χ3v) is 3.31. The van der Waals surface area contributed by atoms with Crippen LogP contribution in [0.1, 0.15) is 31.5 Å². The van der Waals surface area contributed by atoms with Crippen LogP contribution in [0.4, 0.5) is 11.6 Å². The molecule has 104 valence electrons. The molecule has 1 aliphatic rings. The van der Waals surface area contributed by atoms with Gasteiger partial charge in [0.1, 0.15) is 17.5 Å². The minimum absolute atomic E-state index is 0.130. The lowest BCUT2D eigenvalue weighted by molar-refractivity contribution is 0.126. The quantitative estimate of drug-likeness (QED) is 0.709. The van der Waals surface area contributed by atoms with E-state index in [-0.39, 0.29) is 6.10 Å². The van der Waals surface area contributed by atoms with Crippen molar-refractivity contribution in [2.75, 3.05) is 17.2 Å². The van der Waals surface area contributed by atoms with Crippen molar-refractivity contribution in [2.24, 2.45) is 0 Å². The van der Waals surface area contributed by atoms with E-state index < -0.39 is 0 Å². The van der Waals surface area contributed by atoms with Gasteiger partial charge in [0.2, 0.25) is 0 Å². The predicted octanol–water partition coefficient (Wildman–Crippen LogP) is 2.10. The van der Waals surface area contributed by atoms with Gasteiger partial charge in [-0.05, 0) is 32.6 Å². The fourth-order valence-corrected chi connectivity index (χ4v) is 2.34. The molecule has 0 amide bonds. The Bertz CT molecular complexity index is 427. The Morgan fingerprint density at radius 2 is 2.00 bits per heavy atom. The monoisotopic (exact) mass is 262 g/mol. The summed E-state index contributed by atoms with van der Waals surface area (Å²) in [5.41, 5.74) is 0. The van der Waals surface area contributed by atoms with E-state index in [0.29, 0.717) is 12.6 Å². The minimum Gasteiger partial charge on any atom is -0.393 e. The van der Waals surface area contributed by atoms with Crippen LogP contribution in [0.15, 0.2) is 18.7 Å². The second-order valence-corrected chi connectivity index (χ2v) is 5.00. The zero-order chi connectivity index (χ0) is 13.7. The molecule has 0 aliphatic heterocycles. The average molecular weight is 262 g/mol. The van der Waals surface area contributed by atoms with Gasteiger partial charge in [0.25, 0.3) is 0 Å². The van der Waals surface area contributed by atoms with Crippen molar-refractivity contribution < 1.29 is 5.11 Å². The van der Waals surface area contributed by atoms with Crippen LogP contribution in [0.2, 0.25) is 0 Å². The maximum atomic E-state index is 9.51. The zero-order valence-electron chi connectivity index (χ0n) is 11.4. The molecule has 1 saturated carbocycles. The van der Waals surface area contributed by atoms with Crippen molar-refractivity contribution in [1.82, 2.24) is 9.97 Å². The van der Waals surface area contributed by atoms with Gasteiger partial charge in [0.05, 0.1) is 6.10 Å². The number of aliphatic hydroxyl groups is 1. The Morgan fingerprint density at radius 3 is 2.68 bits per heavy atom. The van der Waals surface area contributed by atoms with E-state index in [4.69, 9.17) is 0 Å². The van der Waals surface area contributed by atoms with Gasteiger partial charge in [-0.3, -0.25) is 0 Å². The number of hydrogen-bond acceptors (Lipinski definition) is 5.